The number of hydrogen-bond donors (Lipinski definition) is 0. The van der Waals surface area contributed by atoms with Gasteiger partial charge >= 0.3 is 0 Å². The van der Waals surface area contributed by atoms with E-state index in [2.05, 4.69) is 43.0 Å². The summed E-state index contributed by atoms with van der Waals surface area (Å²) in [5, 5.41) is 0. The molecule has 1 heterocycles. The van der Waals surface area contributed by atoms with Gasteiger partial charge in [-0.2, -0.15) is 0 Å². The van der Waals surface area contributed by atoms with Crippen molar-refractivity contribution in [3.8, 4) is 5.75 Å². The molecule has 0 bridgehead atoms. The highest BCUT2D eigenvalue weighted by Gasteiger charge is 2.25. The molecule has 0 saturated carbocycles. The van der Waals surface area contributed by atoms with E-state index in [1.165, 1.54) is 11.1 Å². The average molecular weight is 309 g/mol. The molecular formula is C20H23NO2. The molecule has 0 radical (unpaired) electrons. The zero-order valence-corrected chi connectivity index (χ0v) is 14.0. The number of Topliss-reactive ketones (excluding diaryl/α,β-unsaturated/α-hetero) is 1. The van der Waals surface area contributed by atoms with E-state index in [1.807, 2.05) is 18.2 Å². The van der Waals surface area contributed by atoms with E-state index in [0.29, 0.717) is 0 Å². The normalized spacial score (nSPS) is 16.7. The number of ketones is 1. The summed E-state index contributed by atoms with van der Waals surface area (Å²) in [5.74, 6) is 0.959. The number of aryl methyl sites for hydroxylation is 1. The molecule has 0 saturated heterocycles. The lowest BCUT2D eigenvalue weighted by Crippen LogP contribution is -2.39. The van der Waals surface area contributed by atoms with Crippen LogP contribution in [-0.4, -0.2) is 18.4 Å². The number of nitrogens with zero attached hydrogens (tertiary/aromatic N) is 1. The molecule has 1 unspecified atom stereocenters. The maximum atomic E-state index is 11.7. The van der Waals surface area contributed by atoms with Crippen LogP contribution in [0, 0.1) is 6.92 Å². The third kappa shape index (κ3) is 3.39. The predicted molar refractivity (Wildman–Crippen MR) is 93.4 cm³/mol. The quantitative estimate of drug-likeness (QED) is 0.785. The van der Waals surface area contributed by atoms with E-state index in [1.54, 1.807) is 6.92 Å². The lowest BCUT2D eigenvalue weighted by Gasteiger charge is -2.36. The summed E-state index contributed by atoms with van der Waals surface area (Å²) in [6.45, 7) is 7.52. The lowest BCUT2D eigenvalue weighted by atomic mass is 10.1. The zero-order chi connectivity index (χ0) is 16.4. The van der Waals surface area contributed by atoms with Crippen molar-refractivity contribution in [3.63, 3.8) is 0 Å². The van der Waals surface area contributed by atoms with Crippen molar-refractivity contribution in [2.45, 2.75) is 39.8 Å². The first-order valence-electron chi connectivity index (χ1n) is 8.19. The number of carbonyl (C=O) groups is 1. The Kier molecular flexibility index (Phi) is 4.37. The van der Waals surface area contributed by atoms with Gasteiger partial charge < -0.3 is 9.64 Å². The Morgan fingerprint density at radius 1 is 1.22 bits per heavy atom. The van der Waals surface area contributed by atoms with E-state index in [0.717, 1.165) is 36.5 Å². The molecule has 0 spiro atoms. The molecule has 0 aliphatic carbocycles. The Labute approximate surface area is 137 Å². The Morgan fingerprint density at radius 3 is 2.61 bits per heavy atom. The number of carbonyl (C=O) groups excluding carboxylic acids is 1. The molecule has 0 fully saturated rings. The molecule has 3 rings (SSSR count). The second kappa shape index (κ2) is 6.45. The standard InChI is InChI=1S/C20H23NO2/c1-4-18-13-21(12-16-7-5-14(2)6-8-16)19-11-17(15(3)22)9-10-20(19)23-18/h5-11,18H,4,12-13H2,1-3H3. The Bertz CT molecular complexity index is 706. The number of hydrogen-bond acceptors (Lipinski definition) is 3. The van der Waals surface area contributed by atoms with Crippen LogP contribution in [0.5, 0.6) is 5.75 Å². The third-order valence-corrected chi connectivity index (χ3v) is 4.37. The van der Waals surface area contributed by atoms with Crippen LogP contribution in [0.25, 0.3) is 0 Å². The Morgan fingerprint density at radius 2 is 1.96 bits per heavy atom. The molecule has 2 aromatic carbocycles. The smallest absolute Gasteiger partial charge is 0.159 e. The number of fused-ring (bicyclic) bond motifs is 1. The monoisotopic (exact) mass is 309 g/mol. The van der Waals surface area contributed by atoms with Crippen LogP contribution < -0.4 is 9.64 Å². The summed E-state index contributed by atoms with van der Waals surface area (Å²) in [7, 11) is 0. The third-order valence-electron chi connectivity index (χ3n) is 4.37. The van der Waals surface area contributed by atoms with E-state index in [4.69, 9.17) is 4.74 Å². The summed E-state index contributed by atoms with van der Waals surface area (Å²) in [6, 6.07) is 14.3. The van der Waals surface area contributed by atoms with Crippen LogP contribution in [0.4, 0.5) is 5.69 Å². The van der Waals surface area contributed by atoms with Crippen LogP contribution in [0.15, 0.2) is 42.5 Å². The highest BCUT2D eigenvalue weighted by Crippen LogP contribution is 2.36. The summed E-state index contributed by atoms with van der Waals surface area (Å²) in [4.78, 5) is 14.0. The SMILES string of the molecule is CCC1CN(Cc2ccc(C)cc2)c2cc(C(C)=O)ccc2O1. The molecule has 120 valence electrons. The van der Waals surface area contributed by atoms with Crippen LogP contribution in [-0.2, 0) is 6.54 Å². The van der Waals surface area contributed by atoms with Gasteiger partial charge in [0.05, 0.1) is 12.2 Å². The molecule has 1 atom stereocenters. The van der Waals surface area contributed by atoms with Crippen molar-refractivity contribution in [3.05, 3.63) is 59.2 Å². The van der Waals surface area contributed by atoms with E-state index in [9.17, 15) is 4.79 Å². The molecule has 3 nitrogen and oxygen atoms in total. The first-order chi connectivity index (χ1) is 11.1. The summed E-state index contributed by atoms with van der Waals surface area (Å²) < 4.78 is 6.05. The van der Waals surface area contributed by atoms with Gasteiger partial charge in [-0.25, -0.2) is 0 Å². The first kappa shape index (κ1) is 15.6. The molecule has 1 aliphatic heterocycles. The number of rotatable bonds is 4. The van der Waals surface area contributed by atoms with E-state index in [-0.39, 0.29) is 11.9 Å². The first-order valence-corrected chi connectivity index (χ1v) is 8.19. The number of anilines is 1. The zero-order valence-electron chi connectivity index (χ0n) is 14.0. The highest BCUT2D eigenvalue weighted by molar-refractivity contribution is 5.95. The fourth-order valence-electron chi connectivity index (χ4n) is 2.92. The van der Waals surface area contributed by atoms with E-state index < -0.39 is 0 Å². The maximum Gasteiger partial charge on any atom is 0.159 e. The summed E-state index contributed by atoms with van der Waals surface area (Å²) in [5.41, 5.74) is 4.28. The average Bonchev–Trinajstić information content (AvgIpc) is 2.56. The van der Waals surface area contributed by atoms with Gasteiger partial charge in [-0.1, -0.05) is 36.8 Å². The van der Waals surface area contributed by atoms with Gasteiger partial charge in [-0.15, -0.1) is 0 Å². The number of benzene rings is 2. The minimum absolute atomic E-state index is 0.0840. The minimum Gasteiger partial charge on any atom is -0.486 e. The van der Waals surface area contributed by atoms with Crippen LogP contribution in [0.1, 0.15) is 41.8 Å². The summed E-state index contributed by atoms with van der Waals surface area (Å²) in [6.07, 6.45) is 1.16. The van der Waals surface area contributed by atoms with Crippen LogP contribution in [0.2, 0.25) is 0 Å². The molecular weight excluding hydrogens is 286 g/mol. The minimum atomic E-state index is 0.0840. The number of ether oxygens (including phenoxy) is 1. The van der Waals surface area contributed by atoms with Gasteiger partial charge in [-0.3, -0.25) is 4.79 Å². The second-order valence-electron chi connectivity index (χ2n) is 6.25. The molecule has 23 heavy (non-hydrogen) atoms. The maximum absolute atomic E-state index is 11.7. The van der Waals surface area contributed by atoms with Crippen molar-refractivity contribution < 1.29 is 9.53 Å². The van der Waals surface area contributed by atoms with Gasteiger partial charge in [0.2, 0.25) is 0 Å². The fourth-order valence-corrected chi connectivity index (χ4v) is 2.92. The fraction of sp³-hybridized carbons (Fsp3) is 0.350. The van der Waals surface area contributed by atoms with Gasteiger partial charge in [0.15, 0.2) is 5.78 Å². The van der Waals surface area contributed by atoms with Gasteiger partial charge in [0, 0.05) is 12.1 Å². The lowest BCUT2D eigenvalue weighted by molar-refractivity contribution is 0.101. The highest BCUT2D eigenvalue weighted by atomic mass is 16.5. The van der Waals surface area contributed by atoms with E-state index >= 15 is 0 Å². The molecule has 0 aromatic heterocycles. The van der Waals surface area contributed by atoms with Gasteiger partial charge in [0.25, 0.3) is 0 Å². The molecule has 2 aromatic rings. The Balaban J connectivity index is 1.94. The molecule has 0 amide bonds. The van der Waals surface area contributed by atoms with Crippen molar-refractivity contribution >= 4 is 11.5 Å². The summed E-state index contributed by atoms with van der Waals surface area (Å²) >= 11 is 0. The predicted octanol–water partition coefficient (Wildman–Crippen LogP) is 4.38. The Hall–Kier alpha value is -2.29. The topological polar surface area (TPSA) is 29.5 Å². The second-order valence-corrected chi connectivity index (χ2v) is 6.25. The molecule has 3 heteroatoms. The van der Waals surface area contributed by atoms with Crippen molar-refractivity contribution in [2.75, 3.05) is 11.4 Å². The van der Waals surface area contributed by atoms with Crippen LogP contribution in [0.3, 0.4) is 0 Å². The van der Waals surface area contributed by atoms with Crippen molar-refractivity contribution in [2.24, 2.45) is 0 Å². The molecule has 0 N–H and O–H groups in total. The van der Waals surface area contributed by atoms with Gasteiger partial charge in [-0.05, 0) is 44.0 Å². The largest absolute Gasteiger partial charge is 0.486 e. The van der Waals surface area contributed by atoms with Gasteiger partial charge in [0.1, 0.15) is 11.9 Å². The molecule has 1 aliphatic rings. The van der Waals surface area contributed by atoms with Crippen molar-refractivity contribution in [1.29, 1.82) is 0 Å². The van der Waals surface area contributed by atoms with Crippen LogP contribution >= 0.6 is 0 Å². The van der Waals surface area contributed by atoms with Crippen molar-refractivity contribution in [1.82, 2.24) is 0 Å².